The van der Waals surface area contributed by atoms with Crippen molar-refractivity contribution in [3.05, 3.63) is 28.3 Å². The van der Waals surface area contributed by atoms with Crippen LogP contribution < -0.4 is 5.32 Å². The fourth-order valence-electron chi connectivity index (χ4n) is 2.03. The van der Waals surface area contributed by atoms with E-state index in [1.54, 1.807) is 6.92 Å². The molecule has 0 aliphatic heterocycles. The van der Waals surface area contributed by atoms with E-state index in [-0.39, 0.29) is 21.4 Å². The first-order chi connectivity index (χ1) is 9.29. The van der Waals surface area contributed by atoms with Gasteiger partial charge in [0, 0.05) is 27.8 Å². The molecule has 0 heterocycles. The maximum atomic E-state index is 12.1. The van der Waals surface area contributed by atoms with Crippen LogP contribution in [0.2, 0.25) is 5.02 Å². The second kappa shape index (κ2) is 5.92. The van der Waals surface area contributed by atoms with Crippen molar-refractivity contribution in [1.82, 2.24) is 5.32 Å². The van der Waals surface area contributed by atoms with E-state index in [9.17, 15) is 13.2 Å². The Bertz CT molecular complexity index is 639. The van der Waals surface area contributed by atoms with Crippen molar-refractivity contribution in [2.24, 2.45) is 5.92 Å². The van der Waals surface area contributed by atoms with Crippen LogP contribution >= 0.6 is 22.3 Å². The van der Waals surface area contributed by atoms with Crippen LogP contribution in [0.25, 0.3) is 0 Å². The molecule has 0 bridgehead atoms. The maximum absolute atomic E-state index is 12.1. The molecule has 1 amide bonds. The quantitative estimate of drug-likeness (QED) is 0.841. The molecule has 20 heavy (non-hydrogen) atoms. The van der Waals surface area contributed by atoms with Gasteiger partial charge in [-0.25, -0.2) is 8.42 Å². The maximum Gasteiger partial charge on any atom is 0.261 e. The summed E-state index contributed by atoms with van der Waals surface area (Å²) in [6.45, 7) is 2.12. The van der Waals surface area contributed by atoms with Crippen molar-refractivity contribution >= 4 is 37.2 Å². The largest absolute Gasteiger partial charge is 0.352 e. The fraction of sp³-hybridized carbons (Fsp3) is 0.462. The molecule has 0 saturated heterocycles. The molecule has 7 heteroatoms. The second-order valence-electron chi connectivity index (χ2n) is 5.00. The van der Waals surface area contributed by atoms with Gasteiger partial charge in [-0.3, -0.25) is 4.79 Å². The Kier molecular flexibility index (Phi) is 4.62. The Morgan fingerprint density at radius 2 is 2.05 bits per heavy atom. The highest BCUT2D eigenvalue weighted by Crippen LogP contribution is 2.32. The zero-order valence-electron chi connectivity index (χ0n) is 10.9. The lowest BCUT2D eigenvalue weighted by Crippen LogP contribution is -2.26. The first-order valence-electron chi connectivity index (χ1n) is 6.32. The zero-order chi connectivity index (χ0) is 14.9. The molecule has 1 aromatic carbocycles. The number of hydrogen-bond donors (Lipinski definition) is 1. The van der Waals surface area contributed by atoms with Crippen LogP contribution in [-0.2, 0) is 9.05 Å². The van der Waals surface area contributed by atoms with Crippen molar-refractivity contribution in [3.8, 4) is 0 Å². The third-order valence-electron chi connectivity index (χ3n) is 3.37. The van der Waals surface area contributed by atoms with E-state index in [4.69, 9.17) is 22.3 Å². The molecule has 1 aromatic rings. The van der Waals surface area contributed by atoms with Crippen LogP contribution in [-0.4, -0.2) is 20.9 Å². The lowest BCUT2D eigenvalue weighted by molar-refractivity contribution is 0.0952. The molecular formula is C13H15Cl2NO3S. The summed E-state index contributed by atoms with van der Waals surface area (Å²) in [6, 6.07) is 2.70. The van der Waals surface area contributed by atoms with Crippen molar-refractivity contribution in [1.29, 1.82) is 0 Å². The monoisotopic (exact) mass is 335 g/mol. The molecule has 4 nitrogen and oxygen atoms in total. The molecule has 1 saturated carbocycles. The van der Waals surface area contributed by atoms with Gasteiger partial charge in [0.05, 0.1) is 4.90 Å². The van der Waals surface area contributed by atoms with Crippen molar-refractivity contribution in [2.75, 3.05) is 6.54 Å². The Hall–Kier alpha value is -0.780. The number of carbonyl (C=O) groups excluding carboxylic acids is 1. The minimum absolute atomic E-state index is 0.126. The number of benzene rings is 1. The van der Waals surface area contributed by atoms with Crippen molar-refractivity contribution in [2.45, 2.75) is 31.1 Å². The van der Waals surface area contributed by atoms with E-state index in [0.29, 0.717) is 12.1 Å². The lowest BCUT2D eigenvalue weighted by Gasteiger charge is -2.11. The number of nitrogens with one attached hydrogen (secondary N) is 1. The molecule has 1 aliphatic rings. The smallest absolute Gasteiger partial charge is 0.261 e. The molecule has 1 fully saturated rings. The fourth-order valence-corrected chi connectivity index (χ4v) is 3.54. The summed E-state index contributed by atoms with van der Waals surface area (Å²) in [4.78, 5) is 12.0. The average molecular weight is 336 g/mol. The Labute approximate surface area is 127 Å². The van der Waals surface area contributed by atoms with E-state index >= 15 is 0 Å². The first kappa shape index (κ1) is 15.6. The van der Waals surface area contributed by atoms with Crippen LogP contribution in [0.5, 0.6) is 0 Å². The number of rotatable bonds is 5. The van der Waals surface area contributed by atoms with Crippen LogP contribution in [0.4, 0.5) is 0 Å². The van der Waals surface area contributed by atoms with Gasteiger partial charge in [0.15, 0.2) is 0 Å². The Morgan fingerprint density at radius 3 is 2.60 bits per heavy atom. The van der Waals surface area contributed by atoms with Gasteiger partial charge in [-0.2, -0.15) is 0 Å². The molecule has 1 aliphatic carbocycles. The summed E-state index contributed by atoms with van der Waals surface area (Å²) in [5.74, 6) is 0.391. The van der Waals surface area contributed by atoms with Gasteiger partial charge in [-0.15, -0.1) is 0 Å². The highest BCUT2D eigenvalue weighted by atomic mass is 35.7. The molecule has 1 N–H and O–H groups in total. The van der Waals surface area contributed by atoms with Crippen LogP contribution in [0.3, 0.4) is 0 Å². The lowest BCUT2D eigenvalue weighted by atomic mass is 10.1. The zero-order valence-corrected chi connectivity index (χ0v) is 13.3. The normalized spacial score (nSPS) is 15.2. The standard InChI is InChI=1S/C13H15Cl2NO3S/c1-8-11(13(17)16-5-4-9-2-3-9)6-10(14)7-12(8)20(15,18)19/h6-7,9H,2-5H2,1H3,(H,16,17). The van der Waals surface area contributed by atoms with Gasteiger partial charge in [-0.1, -0.05) is 24.4 Å². The summed E-state index contributed by atoms with van der Waals surface area (Å²) in [5, 5.41) is 2.95. The third-order valence-corrected chi connectivity index (χ3v) is 5.03. The number of carbonyl (C=O) groups is 1. The summed E-state index contributed by atoms with van der Waals surface area (Å²) in [7, 11) is 1.42. The first-order valence-corrected chi connectivity index (χ1v) is 9.01. The number of amides is 1. The predicted octanol–water partition coefficient (Wildman–Crippen LogP) is 3.11. The van der Waals surface area contributed by atoms with E-state index in [2.05, 4.69) is 5.32 Å². The minimum atomic E-state index is -3.93. The Balaban J connectivity index is 2.21. The van der Waals surface area contributed by atoms with Crippen LogP contribution in [0.15, 0.2) is 17.0 Å². The molecule has 0 atom stereocenters. The summed E-state index contributed by atoms with van der Waals surface area (Å²) >= 11 is 5.86. The number of hydrogen-bond acceptors (Lipinski definition) is 3. The summed E-state index contributed by atoms with van der Waals surface area (Å²) < 4.78 is 22.9. The minimum Gasteiger partial charge on any atom is -0.352 e. The Morgan fingerprint density at radius 1 is 1.40 bits per heavy atom. The van der Waals surface area contributed by atoms with Gasteiger partial charge < -0.3 is 5.32 Å². The highest BCUT2D eigenvalue weighted by molar-refractivity contribution is 8.13. The summed E-state index contributed by atoms with van der Waals surface area (Å²) in [6.07, 6.45) is 3.40. The number of halogens is 2. The molecule has 110 valence electrons. The van der Waals surface area contributed by atoms with Gasteiger partial charge in [-0.05, 0) is 37.0 Å². The topological polar surface area (TPSA) is 63.2 Å². The van der Waals surface area contributed by atoms with Crippen molar-refractivity contribution in [3.63, 3.8) is 0 Å². The SMILES string of the molecule is Cc1c(C(=O)NCCC2CC2)cc(Cl)cc1S(=O)(=O)Cl. The second-order valence-corrected chi connectivity index (χ2v) is 7.97. The van der Waals surface area contributed by atoms with E-state index < -0.39 is 9.05 Å². The molecule has 0 aromatic heterocycles. The van der Waals surface area contributed by atoms with Crippen LogP contribution in [0, 0.1) is 12.8 Å². The van der Waals surface area contributed by atoms with Gasteiger partial charge >= 0.3 is 0 Å². The molecule has 0 radical (unpaired) electrons. The van der Waals surface area contributed by atoms with E-state index in [1.165, 1.54) is 25.0 Å². The van der Waals surface area contributed by atoms with Gasteiger partial charge in [0.25, 0.3) is 15.0 Å². The van der Waals surface area contributed by atoms with E-state index in [1.807, 2.05) is 0 Å². The highest BCUT2D eigenvalue weighted by Gasteiger charge is 2.22. The molecular weight excluding hydrogens is 321 g/mol. The van der Waals surface area contributed by atoms with Crippen LogP contribution in [0.1, 0.15) is 35.2 Å². The summed E-state index contributed by atoms with van der Waals surface area (Å²) in [5.41, 5.74) is 0.556. The average Bonchev–Trinajstić information content (AvgIpc) is 3.14. The van der Waals surface area contributed by atoms with Crippen molar-refractivity contribution < 1.29 is 13.2 Å². The third kappa shape index (κ3) is 3.87. The van der Waals surface area contributed by atoms with E-state index in [0.717, 1.165) is 12.3 Å². The molecule has 0 spiro atoms. The molecule has 2 rings (SSSR count). The predicted molar refractivity (Wildman–Crippen MR) is 78.9 cm³/mol. The van der Waals surface area contributed by atoms with Gasteiger partial charge in [0.2, 0.25) is 0 Å². The molecule has 0 unspecified atom stereocenters. The van der Waals surface area contributed by atoms with Gasteiger partial charge in [0.1, 0.15) is 0 Å².